The molecule has 2 aromatic rings. The van der Waals surface area contributed by atoms with Crippen LogP contribution in [0.2, 0.25) is 0 Å². The van der Waals surface area contributed by atoms with Crippen molar-refractivity contribution in [1.29, 1.82) is 0 Å². The first kappa shape index (κ1) is 13.4. The number of nitrogens with one attached hydrogen (secondary N) is 1. The molecule has 100 valence electrons. The molecule has 0 saturated heterocycles. The molecule has 1 amide bonds. The number of aromatic nitrogens is 3. The summed E-state index contributed by atoms with van der Waals surface area (Å²) in [7, 11) is 0. The lowest BCUT2D eigenvalue weighted by Crippen LogP contribution is -2.33. The number of hydrogen-bond acceptors (Lipinski definition) is 5. The molecule has 0 radical (unpaired) electrons. The lowest BCUT2D eigenvalue weighted by molar-refractivity contribution is -0.123. The molecule has 9 heteroatoms. The van der Waals surface area contributed by atoms with Crippen molar-refractivity contribution in [3.8, 4) is 10.6 Å². The van der Waals surface area contributed by atoms with Gasteiger partial charge in [0.2, 0.25) is 5.01 Å². The number of hydrogen-bond donors (Lipinski definition) is 1. The smallest absolute Gasteiger partial charge is 0.341 e. The predicted octanol–water partition coefficient (Wildman–Crippen LogP) is 1.89. The molecule has 0 saturated carbocycles. The van der Waals surface area contributed by atoms with Crippen molar-refractivity contribution in [2.75, 3.05) is 6.54 Å². The highest BCUT2D eigenvalue weighted by molar-refractivity contribution is 7.16. The van der Waals surface area contributed by atoms with Gasteiger partial charge in [-0.1, -0.05) is 11.3 Å². The zero-order chi connectivity index (χ0) is 13.9. The van der Waals surface area contributed by atoms with Crippen LogP contribution in [-0.2, 0) is 0 Å². The lowest BCUT2D eigenvalue weighted by Gasteiger charge is -2.05. The Hall–Kier alpha value is -2.03. The highest BCUT2D eigenvalue weighted by atomic mass is 32.1. The third kappa shape index (κ3) is 3.71. The molecule has 2 rings (SSSR count). The molecule has 0 spiro atoms. The molecule has 0 bridgehead atoms. The molecule has 2 aromatic heterocycles. The number of amides is 1. The number of nitrogens with zero attached hydrogens (tertiary/aromatic N) is 3. The zero-order valence-corrected chi connectivity index (χ0v) is 10.1. The highest BCUT2D eigenvalue weighted by Gasteiger charge is 2.28. The Bertz CT molecular complexity index is 570. The van der Waals surface area contributed by atoms with Gasteiger partial charge in [-0.15, -0.1) is 10.2 Å². The summed E-state index contributed by atoms with van der Waals surface area (Å²) in [6, 6.07) is 3.39. The highest BCUT2D eigenvalue weighted by Crippen LogP contribution is 2.22. The maximum absolute atomic E-state index is 11.9. The Kier molecular flexibility index (Phi) is 3.74. The van der Waals surface area contributed by atoms with Crippen molar-refractivity contribution < 1.29 is 18.0 Å². The van der Waals surface area contributed by atoms with Crippen LogP contribution in [0, 0.1) is 0 Å². The van der Waals surface area contributed by atoms with E-state index in [1.54, 1.807) is 23.6 Å². The third-order valence-electron chi connectivity index (χ3n) is 1.98. The van der Waals surface area contributed by atoms with Crippen molar-refractivity contribution >= 4 is 17.2 Å². The van der Waals surface area contributed by atoms with Gasteiger partial charge in [0.15, 0.2) is 0 Å². The summed E-state index contributed by atoms with van der Waals surface area (Å²) in [6.07, 6.45) is -1.36. The molecule has 0 aliphatic rings. The Morgan fingerprint density at radius 3 is 2.79 bits per heavy atom. The first-order valence-corrected chi connectivity index (χ1v) is 5.86. The van der Waals surface area contributed by atoms with Gasteiger partial charge in [0, 0.05) is 18.0 Å². The van der Waals surface area contributed by atoms with Gasteiger partial charge >= 0.3 is 6.18 Å². The molecule has 0 unspecified atom stereocenters. The molecule has 19 heavy (non-hydrogen) atoms. The van der Waals surface area contributed by atoms with Crippen LogP contribution in [0.25, 0.3) is 10.6 Å². The van der Waals surface area contributed by atoms with Crippen molar-refractivity contribution in [2.45, 2.75) is 6.18 Å². The molecule has 0 aromatic carbocycles. The third-order valence-corrected chi connectivity index (χ3v) is 2.95. The van der Waals surface area contributed by atoms with Crippen molar-refractivity contribution in [2.24, 2.45) is 0 Å². The summed E-state index contributed by atoms with van der Waals surface area (Å²) in [4.78, 5) is 15.3. The Balaban J connectivity index is 2.07. The molecular weight excluding hydrogens is 281 g/mol. The normalized spacial score (nSPS) is 11.3. The van der Waals surface area contributed by atoms with E-state index in [1.807, 2.05) is 0 Å². The number of carbonyl (C=O) groups excluding carboxylic acids is 1. The van der Waals surface area contributed by atoms with Crippen LogP contribution in [0.1, 0.15) is 9.80 Å². The first-order chi connectivity index (χ1) is 8.96. The van der Waals surface area contributed by atoms with E-state index in [4.69, 9.17) is 0 Å². The molecule has 0 atom stereocenters. The van der Waals surface area contributed by atoms with Crippen LogP contribution in [-0.4, -0.2) is 33.8 Å². The first-order valence-electron chi connectivity index (χ1n) is 5.04. The molecule has 0 aliphatic heterocycles. The van der Waals surface area contributed by atoms with E-state index in [0.29, 0.717) is 10.6 Å². The van der Waals surface area contributed by atoms with E-state index < -0.39 is 18.6 Å². The fourth-order valence-electron chi connectivity index (χ4n) is 1.18. The van der Waals surface area contributed by atoms with Crippen molar-refractivity contribution in [3.05, 3.63) is 29.5 Å². The second-order valence-electron chi connectivity index (χ2n) is 3.45. The van der Waals surface area contributed by atoms with E-state index in [0.717, 1.165) is 11.3 Å². The van der Waals surface area contributed by atoms with Gasteiger partial charge in [0.1, 0.15) is 11.6 Å². The SMILES string of the molecule is O=C(NCC(F)(F)F)c1nnc(-c2cccnc2)s1. The van der Waals surface area contributed by atoms with Gasteiger partial charge in [-0.3, -0.25) is 9.78 Å². The minimum Gasteiger partial charge on any atom is -0.341 e. The van der Waals surface area contributed by atoms with E-state index in [9.17, 15) is 18.0 Å². The average Bonchev–Trinajstić information content (AvgIpc) is 2.86. The second-order valence-corrected chi connectivity index (χ2v) is 4.43. The van der Waals surface area contributed by atoms with E-state index in [1.165, 1.54) is 6.20 Å². The van der Waals surface area contributed by atoms with Crippen molar-refractivity contribution in [3.63, 3.8) is 0 Å². The van der Waals surface area contributed by atoms with E-state index in [2.05, 4.69) is 15.2 Å². The van der Waals surface area contributed by atoms with Crippen LogP contribution in [0.3, 0.4) is 0 Å². The molecule has 0 aliphatic carbocycles. The lowest BCUT2D eigenvalue weighted by atomic mass is 10.3. The number of pyridine rings is 1. The van der Waals surface area contributed by atoms with Gasteiger partial charge < -0.3 is 5.32 Å². The van der Waals surface area contributed by atoms with Crippen LogP contribution < -0.4 is 5.32 Å². The largest absolute Gasteiger partial charge is 0.405 e. The molecule has 1 N–H and O–H groups in total. The average molecular weight is 288 g/mol. The van der Waals surface area contributed by atoms with E-state index >= 15 is 0 Å². The van der Waals surface area contributed by atoms with Gasteiger partial charge in [0.25, 0.3) is 5.91 Å². The topological polar surface area (TPSA) is 67.8 Å². The summed E-state index contributed by atoms with van der Waals surface area (Å²) in [6.45, 7) is -1.40. The van der Waals surface area contributed by atoms with Crippen LogP contribution in [0.5, 0.6) is 0 Å². The van der Waals surface area contributed by atoms with Gasteiger partial charge in [0.05, 0.1) is 0 Å². The van der Waals surface area contributed by atoms with Gasteiger partial charge in [-0.2, -0.15) is 13.2 Å². The minimum absolute atomic E-state index is 0.122. The molecule has 0 fully saturated rings. The number of alkyl halides is 3. The maximum atomic E-state index is 11.9. The maximum Gasteiger partial charge on any atom is 0.405 e. The van der Waals surface area contributed by atoms with Gasteiger partial charge in [-0.05, 0) is 12.1 Å². The van der Waals surface area contributed by atoms with Crippen LogP contribution in [0.15, 0.2) is 24.5 Å². The fraction of sp³-hybridized carbons (Fsp3) is 0.200. The Morgan fingerprint density at radius 2 is 2.16 bits per heavy atom. The zero-order valence-electron chi connectivity index (χ0n) is 9.31. The second kappa shape index (κ2) is 5.31. The Labute approximate surface area is 109 Å². The standard InChI is InChI=1S/C10H7F3N4OS/c11-10(12,13)5-15-7(18)9-17-16-8(19-9)6-2-1-3-14-4-6/h1-4H,5H2,(H,15,18). The quantitative estimate of drug-likeness (QED) is 0.936. The van der Waals surface area contributed by atoms with Crippen LogP contribution in [0.4, 0.5) is 13.2 Å². The Morgan fingerprint density at radius 1 is 1.37 bits per heavy atom. The number of halogens is 3. The number of rotatable bonds is 3. The van der Waals surface area contributed by atoms with Crippen LogP contribution >= 0.6 is 11.3 Å². The van der Waals surface area contributed by atoms with Gasteiger partial charge in [-0.25, -0.2) is 0 Å². The van der Waals surface area contributed by atoms with Crippen molar-refractivity contribution in [1.82, 2.24) is 20.5 Å². The minimum atomic E-state index is -4.45. The molecule has 5 nitrogen and oxygen atoms in total. The molecular formula is C10H7F3N4OS. The summed E-state index contributed by atoms with van der Waals surface area (Å²) >= 11 is 0.903. The fourth-order valence-corrected chi connectivity index (χ4v) is 1.93. The van der Waals surface area contributed by atoms with E-state index in [-0.39, 0.29) is 5.01 Å². The molecule has 2 heterocycles. The summed E-state index contributed by atoms with van der Waals surface area (Å²) in [5.74, 6) is -0.898. The monoisotopic (exact) mass is 288 g/mol. The summed E-state index contributed by atoms with van der Waals surface area (Å²) < 4.78 is 35.8. The predicted molar refractivity (Wildman–Crippen MR) is 61.5 cm³/mol. The summed E-state index contributed by atoms with van der Waals surface area (Å²) in [5.41, 5.74) is 0.648. The summed E-state index contributed by atoms with van der Waals surface area (Å²) in [5, 5.41) is 9.32. The number of carbonyl (C=O) groups is 1.